The van der Waals surface area contributed by atoms with E-state index in [4.69, 9.17) is 9.47 Å². The standard InChI is InChI=1S/C24H24F6N4O4/c1-3-37-13-20(35)32-7-4-8-38-18-6-5-16(17-10-19(24(28,29)30)33-34(17)2)22(36)21(18)14-9-15(12-31-11-14)23(25,26)27/h5-6,9-12,36H,3-4,7-8,13H2,1-2H3,(H,32,35). The van der Waals surface area contributed by atoms with Crippen molar-refractivity contribution < 1.29 is 45.7 Å². The predicted octanol–water partition coefficient (Wildman–Crippen LogP) is 4.81. The summed E-state index contributed by atoms with van der Waals surface area (Å²) in [4.78, 5) is 15.2. The van der Waals surface area contributed by atoms with Gasteiger partial charge in [0.2, 0.25) is 5.91 Å². The number of ether oxygens (including phenoxy) is 2. The van der Waals surface area contributed by atoms with E-state index in [1.54, 1.807) is 6.92 Å². The first-order valence-corrected chi connectivity index (χ1v) is 11.3. The number of nitrogens with one attached hydrogen (secondary N) is 1. The maximum Gasteiger partial charge on any atom is 0.435 e. The Labute approximate surface area is 213 Å². The molecule has 0 saturated heterocycles. The summed E-state index contributed by atoms with van der Waals surface area (Å²) < 4.78 is 91.1. The molecule has 0 unspecified atom stereocenters. The Morgan fingerprint density at radius 1 is 1.11 bits per heavy atom. The lowest BCUT2D eigenvalue weighted by Crippen LogP contribution is -2.29. The van der Waals surface area contributed by atoms with E-state index < -0.39 is 29.4 Å². The molecule has 1 aromatic carbocycles. The number of alkyl halides is 6. The zero-order valence-electron chi connectivity index (χ0n) is 20.3. The number of hydrogen-bond acceptors (Lipinski definition) is 6. The van der Waals surface area contributed by atoms with E-state index in [1.807, 2.05) is 0 Å². The Hall–Kier alpha value is -3.81. The molecule has 14 heteroatoms. The summed E-state index contributed by atoms with van der Waals surface area (Å²) in [6.07, 6.45) is -7.51. The van der Waals surface area contributed by atoms with Crippen molar-refractivity contribution >= 4 is 5.91 Å². The van der Waals surface area contributed by atoms with E-state index in [0.717, 1.165) is 16.9 Å². The summed E-state index contributed by atoms with van der Waals surface area (Å²) in [5.41, 5.74) is -2.90. The number of phenolic OH excluding ortho intramolecular Hbond substituents is 1. The minimum Gasteiger partial charge on any atom is -0.506 e. The predicted molar refractivity (Wildman–Crippen MR) is 123 cm³/mol. The highest BCUT2D eigenvalue weighted by atomic mass is 19.4. The molecule has 3 rings (SSSR count). The lowest BCUT2D eigenvalue weighted by atomic mass is 9.98. The quantitative estimate of drug-likeness (QED) is 0.280. The average molecular weight is 546 g/mol. The van der Waals surface area contributed by atoms with Gasteiger partial charge >= 0.3 is 12.4 Å². The van der Waals surface area contributed by atoms with Gasteiger partial charge in [-0.05, 0) is 37.6 Å². The van der Waals surface area contributed by atoms with Gasteiger partial charge in [-0.3, -0.25) is 14.5 Å². The number of rotatable bonds is 10. The van der Waals surface area contributed by atoms with Crippen molar-refractivity contribution in [1.29, 1.82) is 0 Å². The zero-order valence-corrected chi connectivity index (χ0v) is 20.3. The van der Waals surface area contributed by atoms with Crippen LogP contribution in [-0.2, 0) is 28.9 Å². The first kappa shape index (κ1) is 28.8. The molecule has 0 spiro atoms. The van der Waals surface area contributed by atoms with Crippen LogP contribution in [0.1, 0.15) is 24.6 Å². The van der Waals surface area contributed by atoms with E-state index >= 15 is 0 Å². The minimum atomic E-state index is -4.75. The average Bonchev–Trinajstić information content (AvgIpc) is 3.24. The van der Waals surface area contributed by atoms with E-state index in [2.05, 4.69) is 15.4 Å². The molecular weight excluding hydrogens is 522 g/mol. The van der Waals surface area contributed by atoms with Crippen LogP contribution in [0.2, 0.25) is 0 Å². The van der Waals surface area contributed by atoms with Crippen LogP contribution in [-0.4, -0.2) is 52.1 Å². The zero-order chi connectivity index (χ0) is 28.1. The molecule has 0 saturated carbocycles. The summed E-state index contributed by atoms with van der Waals surface area (Å²) in [6.45, 7) is 2.22. The van der Waals surface area contributed by atoms with Crippen molar-refractivity contribution in [1.82, 2.24) is 20.1 Å². The van der Waals surface area contributed by atoms with Crippen molar-refractivity contribution in [3.05, 3.63) is 47.9 Å². The van der Waals surface area contributed by atoms with Crippen molar-refractivity contribution in [2.45, 2.75) is 25.7 Å². The maximum atomic E-state index is 13.3. The number of nitrogens with zero attached hydrogens (tertiary/aromatic N) is 3. The van der Waals surface area contributed by atoms with Crippen LogP contribution >= 0.6 is 0 Å². The molecule has 0 aliphatic rings. The first-order valence-electron chi connectivity index (χ1n) is 11.3. The van der Waals surface area contributed by atoms with Gasteiger partial charge in [-0.25, -0.2) is 0 Å². The van der Waals surface area contributed by atoms with Gasteiger partial charge in [0.1, 0.15) is 18.1 Å². The molecule has 3 aromatic rings. The summed E-state index contributed by atoms with van der Waals surface area (Å²) in [5, 5.41) is 17.1. The van der Waals surface area contributed by atoms with Gasteiger partial charge in [0.25, 0.3) is 0 Å². The first-order chi connectivity index (χ1) is 17.8. The van der Waals surface area contributed by atoms with Gasteiger partial charge in [-0.2, -0.15) is 31.4 Å². The number of benzene rings is 1. The van der Waals surface area contributed by atoms with Crippen molar-refractivity contribution in [2.24, 2.45) is 7.05 Å². The fraction of sp³-hybridized carbons (Fsp3) is 0.375. The third-order valence-corrected chi connectivity index (χ3v) is 5.28. The van der Waals surface area contributed by atoms with Gasteiger partial charge < -0.3 is 19.9 Å². The number of hydrogen-bond donors (Lipinski definition) is 2. The topological polar surface area (TPSA) is 98.5 Å². The number of amides is 1. The molecule has 0 radical (unpaired) electrons. The van der Waals surface area contributed by atoms with Crippen LogP contribution in [0.4, 0.5) is 26.3 Å². The summed E-state index contributed by atoms with van der Waals surface area (Å²) in [6, 6.07) is 4.06. The van der Waals surface area contributed by atoms with Crippen LogP contribution in [0.3, 0.4) is 0 Å². The van der Waals surface area contributed by atoms with Crippen LogP contribution in [0.15, 0.2) is 36.7 Å². The van der Waals surface area contributed by atoms with Crippen LogP contribution in [0.25, 0.3) is 22.4 Å². The van der Waals surface area contributed by atoms with Gasteiger partial charge in [-0.15, -0.1) is 0 Å². The normalized spacial score (nSPS) is 12.0. The molecule has 0 atom stereocenters. The Bertz CT molecular complexity index is 1270. The number of aromatic nitrogens is 3. The Morgan fingerprint density at radius 2 is 1.84 bits per heavy atom. The van der Waals surface area contributed by atoms with Crippen LogP contribution in [0, 0.1) is 0 Å². The molecule has 38 heavy (non-hydrogen) atoms. The van der Waals surface area contributed by atoms with Crippen LogP contribution < -0.4 is 10.1 Å². The smallest absolute Gasteiger partial charge is 0.435 e. The molecule has 0 bridgehead atoms. The minimum absolute atomic E-state index is 0.00295. The second-order valence-electron chi connectivity index (χ2n) is 8.02. The number of halogens is 6. The number of aryl methyl sites for hydroxylation is 1. The molecule has 0 fully saturated rings. The number of aromatic hydroxyl groups is 1. The maximum absolute atomic E-state index is 13.3. The molecule has 0 aliphatic heterocycles. The fourth-order valence-corrected chi connectivity index (χ4v) is 3.50. The Balaban J connectivity index is 1.96. The van der Waals surface area contributed by atoms with Crippen LogP contribution in [0.5, 0.6) is 11.5 Å². The number of pyridine rings is 1. The third-order valence-electron chi connectivity index (χ3n) is 5.28. The lowest BCUT2D eigenvalue weighted by Gasteiger charge is -2.17. The van der Waals surface area contributed by atoms with Crippen molar-refractivity contribution in [3.8, 4) is 33.9 Å². The largest absolute Gasteiger partial charge is 0.506 e. The third kappa shape index (κ3) is 6.94. The number of phenols is 1. The summed E-state index contributed by atoms with van der Waals surface area (Å²) >= 11 is 0. The Morgan fingerprint density at radius 3 is 2.47 bits per heavy atom. The van der Waals surface area contributed by atoms with Gasteiger partial charge in [0, 0.05) is 43.7 Å². The van der Waals surface area contributed by atoms with Gasteiger partial charge in [0.15, 0.2) is 5.69 Å². The second-order valence-corrected chi connectivity index (χ2v) is 8.02. The monoisotopic (exact) mass is 546 g/mol. The van der Waals surface area contributed by atoms with E-state index in [-0.39, 0.29) is 53.8 Å². The summed E-state index contributed by atoms with van der Waals surface area (Å²) in [5.74, 6) is -0.990. The fourth-order valence-electron chi connectivity index (χ4n) is 3.50. The van der Waals surface area contributed by atoms with E-state index in [0.29, 0.717) is 25.3 Å². The second kappa shape index (κ2) is 11.7. The van der Waals surface area contributed by atoms with Crippen molar-refractivity contribution in [2.75, 3.05) is 26.4 Å². The molecule has 2 aromatic heterocycles. The molecule has 1 amide bonds. The van der Waals surface area contributed by atoms with Crippen molar-refractivity contribution in [3.63, 3.8) is 0 Å². The van der Waals surface area contributed by atoms with Gasteiger partial charge in [0.05, 0.1) is 23.4 Å². The molecule has 0 aliphatic carbocycles. The highest BCUT2D eigenvalue weighted by molar-refractivity contribution is 5.85. The molecular formula is C24H24F6N4O4. The van der Waals surface area contributed by atoms with Gasteiger partial charge in [-0.1, -0.05) is 0 Å². The molecule has 206 valence electrons. The number of carbonyl (C=O) groups excluding carboxylic acids is 1. The highest BCUT2D eigenvalue weighted by Crippen LogP contribution is 2.45. The molecule has 2 heterocycles. The van der Waals surface area contributed by atoms with E-state index in [1.165, 1.54) is 19.2 Å². The highest BCUT2D eigenvalue weighted by Gasteiger charge is 2.35. The van der Waals surface area contributed by atoms with E-state index in [9.17, 15) is 36.2 Å². The number of carbonyl (C=O) groups is 1. The SMILES string of the molecule is CCOCC(=O)NCCCOc1ccc(-c2cc(C(F)(F)F)nn2C)c(O)c1-c1cncc(C(F)(F)F)c1. The Kier molecular flexibility index (Phi) is 8.86. The molecule has 2 N–H and O–H groups in total. The summed E-state index contributed by atoms with van der Waals surface area (Å²) in [7, 11) is 1.24. The lowest BCUT2D eigenvalue weighted by molar-refractivity contribution is -0.141. The molecule has 8 nitrogen and oxygen atoms in total.